The predicted molar refractivity (Wildman–Crippen MR) is 98.0 cm³/mol. The number of nitrogens with zero attached hydrogens (tertiary/aromatic N) is 1. The third-order valence-electron chi connectivity index (χ3n) is 3.58. The van der Waals surface area contributed by atoms with Gasteiger partial charge in [-0.1, -0.05) is 0 Å². The molecular formula is C19H20N2O6. The maximum atomic E-state index is 12.0. The zero-order valence-electron chi connectivity index (χ0n) is 15.2. The van der Waals surface area contributed by atoms with Gasteiger partial charge in [0.2, 0.25) is 0 Å². The molecule has 27 heavy (non-hydrogen) atoms. The van der Waals surface area contributed by atoms with Crippen LogP contribution in [0.5, 0.6) is 11.5 Å². The lowest BCUT2D eigenvalue weighted by Crippen LogP contribution is -2.22. The molecule has 0 saturated heterocycles. The second-order valence-electron chi connectivity index (χ2n) is 5.78. The van der Waals surface area contributed by atoms with Gasteiger partial charge in [-0.3, -0.25) is 9.59 Å². The van der Waals surface area contributed by atoms with Crippen molar-refractivity contribution in [2.75, 3.05) is 33.1 Å². The number of phenolic OH excluding ortho intramolecular Hbond substituents is 1. The normalized spacial score (nSPS) is 10.0. The summed E-state index contributed by atoms with van der Waals surface area (Å²) >= 11 is 0. The number of hydrogen-bond donors (Lipinski definition) is 2. The molecule has 0 spiro atoms. The van der Waals surface area contributed by atoms with Crippen molar-refractivity contribution in [2.24, 2.45) is 0 Å². The van der Waals surface area contributed by atoms with Gasteiger partial charge in [0, 0.05) is 31.4 Å². The first-order valence-electron chi connectivity index (χ1n) is 7.97. The van der Waals surface area contributed by atoms with E-state index in [-0.39, 0.29) is 17.2 Å². The number of hydrogen-bond acceptors (Lipinski definition) is 6. The average molecular weight is 372 g/mol. The lowest BCUT2D eigenvalue weighted by atomic mass is 10.2. The quantitative estimate of drug-likeness (QED) is 0.751. The molecule has 0 bridgehead atoms. The smallest absolute Gasteiger partial charge is 0.342 e. The monoisotopic (exact) mass is 372 g/mol. The number of rotatable bonds is 6. The van der Waals surface area contributed by atoms with Crippen LogP contribution in [0, 0.1) is 0 Å². The zero-order chi connectivity index (χ0) is 20.0. The molecule has 0 aromatic heterocycles. The third kappa shape index (κ3) is 5.21. The van der Waals surface area contributed by atoms with Gasteiger partial charge in [0.25, 0.3) is 11.8 Å². The van der Waals surface area contributed by atoms with Crippen molar-refractivity contribution in [3.8, 4) is 11.5 Å². The Morgan fingerprint density at radius 3 is 2.30 bits per heavy atom. The Morgan fingerprint density at radius 1 is 1.07 bits per heavy atom. The highest BCUT2D eigenvalue weighted by Crippen LogP contribution is 2.24. The fourth-order valence-corrected chi connectivity index (χ4v) is 2.17. The van der Waals surface area contributed by atoms with Crippen molar-refractivity contribution in [3.63, 3.8) is 0 Å². The standard InChI is InChI=1S/C19H20N2O6/c1-21(2)18(24)12-4-6-13(7-5-12)20-17(23)11-27-19(25)15-9-8-14(26-3)10-16(15)22/h4-10,22H,11H2,1-3H3,(H,20,23). The van der Waals surface area contributed by atoms with E-state index in [9.17, 15) is 19.5 Å². The Hall–Kier alpha value is -3.55. The van der Waals surface area contributed by atoms with Crippen LogP contribution in [-0.4, -0.2) is 55.6 Å². The SMILES string of the molecule is COc1ccc(C(=O)OCC(=O)Nc2ccc(C(=O)N(C)C)cc2)c(O)c1. The molecule has 0 radical (unpaired) electrons. The lowest BCUT2D eigenvalue weighted by Gasteiger charge is -2.11. The number of carbonyl (C=O) groups is 3. The molecule has 0 aliphatic rings. The number of nitrogens with one attached hydrogen (secondary N) is 1. The number of esters is 1. The van der Waals surface area contributed by atoms with Crippen LogP contribution >= 0.6 is 0 Å². The van der Waals surface area contributed by atoms with E-state index in [4.69, 9.17) is 9.47 Å². The molecule has 2 rings (SSSR count). The minimum absolute atomic E-state index is 0.0739. The van der Waals surface area contributed by atoms with Gasteiger partial charge in [0.05, 0.1) is 7.11 Å². The third-order valence-corrected chi connectivity index (χ3v) is 3.58. The molecule has 2 N–H and O–H groups in total. The van der Waals surface area contributed by atoms with E-state index in [2.05, 4.69) is 5.32 Å². The number of ether oxygens (including phenoxy) is 2. The molecule has 0 unspecified atom stereocenters. The zero-order valence-corrected chi connectivity index (χ0v) is 15.2. The van der Waals surface area contributed by atoms with E-state index in [1.165, 1.54) is 30.2 Å². The lowest BCUT2D eigenvalue weighted by molar-refractivity contribution is -0.119. The minimum Gasteiger partial charge on any atom is -0.507 e. The highest BCUT2D eigenvalue weighted by Gasteiger charge is 2.15. The van der Waals surface area contributed by atoms with Crippen LogP contribution < -0.4 is 10.1 Å². The Kier molecular flexibility index (Phi) is 6.37. The summed E-state index contributed by atoms with van der Waals surface area (Å²) in [4.78, 5) is 37.1. The molecule has 2 amide bonds. The van der Waals surface area contributed by atoms with Crippen molar-refractivity contribution in [3.05, 3.63) is 53.6 Å². The highest BCUT2D eigenvalue weighted by atomic mass is 16.5. The van der Waals surface area contributed by atoms with Crippen LogP contribution in [0.25, 0.3) is 0 Å². The first-order valence-corrected chi connectivity index (χ1v) is 7.97. The van der Waals surface area contributed by atoms with Crippen LogP contribution in [0.4, 0.5) is 5.69 Å². The van der Waals surface area contributed by atoms with Gasteiger partial charge in [-0.15, -0.1) is 0 Å². The summed E-state index contributed by atoms with van der Waals surface area (Å²) in [5, 5.41) is 12.3. The van der Waals surface area contributed by atoms with Crippen molar-refractivity contribution in [1.82, 2.24) is 4.90 Å². The van der Waals surface area contributed by atoms with Gasteiger partial charge in [-0.05, 0) is 36.4 Å². The second kappa shape index (κ2) is 8.70. The van der Waals surface area contributed by atoms with Crippen LogP contribution in [0.15, 0.2) is 42.5 Å². The Bertz CT molecular complexity index is 846. The van der Waals surface area contributed by atoms with Gasteiger partial charge in [0.15, 0.2) is 6.61 Å². The molecule has 142 valence electrons. The summed E-state index contributed by atoms with van der Waals surface area (Å²) in [6, 6.07) is 10.4. The summed E-state index contributed by atoms with van der Waals surface area (Å²) in [6.07, 6.45) is 0. The van der Waals surface area contributed by atoms with E-state index in [1.54, 1.807) is 38.4 Å². The van der Waals surface area contributed by atoms with E-state index < -0.39 is 18.5 Å². The van der Waals surface area contributed by atoms with E-state index in [0.717, 1.165) is 0 Å². The summed E-state index contributed by atoms with van der Waals surface area (Å²) < 4.78 is 9.83. The fraction of sp³-hybridized carbons (Fsp3) is 0.211. The molecule has 2 aromatic rings. The Morgan fingerprint density at radius 2 is 1.74 bits per heavy atom. The first kappa shape index (κ1) is 19.8. The van der Waals surface area contributed by atoms with Gasteiger partial charge < -0.3 is 24.8 Å². The summed E-state index contributed by atoms with van der Waals surface area (Å²) in [5.74, 6) is -1.46. The molecular weight excluding hydrogens is 352 g/mol. The van der Waals surface area contributed by atoms with Crippen LogP contribution in [0.2, 0.25) is 0 Å². The van der Waals surface area contributed by atoms with Gasteiger partial charge in [-0.2, -0.15) is 0 Å². The molecule has 0 aliphatic heterocycles. The topological polar surface area (TPSA) is 105 Å². The molecule has 0 fully saturated rings. The van der Waals surface area contributed by atoms with Crippen molar-refractivity contribution in [2.45, 2.75) is 0 Å². The van der Waals surface area contributed by atoms with Gasteiger partial charge in [-0.25, -0.2) is 4.79 Å². The van der Waals surface area contributed by atoms with E-state index >= 15 is 0 Å². The Balaban J connectivity index is 1.90. The number of aromatic hydroxyl groups is 1. The molecule has 0 atom stereocenters. The maximum Gasteiger partial charge on any atom is 0.342 e. The van der Waals surface area contributed by atoms with Crippen molar-refractivity contribution < 1.29 is 29.0 Å². The van der Waals surface area contributed by atoms with Crippen LogP contribution in [0.3, 0.4) is 0 Å². The Labute approximate surface area is 156 Å². The van der Waals surface area contributed by atoms with Gasteiger partial charge in [0.1, 0.15) is 17.1 Å². The molecule has 0 heterocycles. The fourth-order valence-electron chi connectivity index (χ4n) is 2.17. The number of methoxy groups -OCH3 is 1. The number of anilines is 1. The number of amides is 2. The largest absolute Gasteiger partial charge is 0.507 e. The highest BCUT2D eigenvalue weighted by molar-refractivity contribution is 5.98. The molecule has 8 heteroatoms. The van der Waals surface area contributed by atoms with Crippen LogP contribution in [0.1, 0.15) is 20.7 Å². The summed E-state index contributed by atoms with van der Waals surface area (Å²) in [5.41, 5.74) is 0.869. The van der Waals surface area contributed by atoms with Gasteiger partial charge >= 0.3 is 5.97 Å². The molecule has 8 nitrogen and oxygen atoms in total. The average Bonchev–Trinajstić information content (AvgIpc) is 2.65. The van der Waals surface area contributed by atoms with Crippen molar-refractivity contribution in [1.29, 1.82) is 0 Å². The summed E-state index contributed by atoms with van der Waals surface area (Å²) in [6.45, 7) is -0.525. The number of carbonyl (C=O) groups excluding carboxylic acids is 3. The van der Waals surface area contributed by atoms with Crippen molar-refractivity contribution >= 4 is 23.5 Å². The number of phenols is 1. The molecule has 2 aromatic carbocycles. The van der Waals surface area contributed by atoms with E-state index in [1.807, 2.05) is 0 Å². The first-order chi connectivity index (χ1) is 12.8. The molecule has 0 saturated carbocycles. The number of benzene rings is 2. The second-order valence-corrected chi connectivity index (χ2v) is 5.78. The van der Waals surface area contributed by atoms with Crippen LogP contribution in [-0.2, 0) is 9.53 Å². The minimum atomic E-state index is -0.836. The maximum absolute atomic E-state index is 12.0. The summed E-state index contributed by atoms with van der Waals surface area (Å²) in [7, 11) is 4.72. The van der Waals surface area contributed by atoms with E-state index in [0.29, 0.717) is 17.0 Å². The predicted octanol–water partition coefficient (Wildman–Crippen LogP) is 1.90. The molecule has 0 aliphatic carbocycles.